The van der Waals surface area contributed by atoms with Crippen molar-refractivity contribution in [1.29, 1.82) is 5.26 Å². The maximum absolute atomic E-state index is 13.3. The van der Waals surface area contributed by atoms with Crippen LogP contribution in [0, 0.1) is 29.0 Å². The molecule has 0 amide bonds. The fourth-order valence-corrected chi connectivity index (χ4v) is 1.18. The summed E-state index contributed by atoms with van der Waals surface area (Å²) in [6.45, 7) is 0.267. The van der Waals surface area contributed by atoms with Crippen molar-refractivity contribution < 1.29 is 4.39 Å². The maximum atomic E-state index is 13.3. The Morgan fingerprint density at radius 3 is 3.00 bits per heavy atom. The zero-order valence-corrected chi connectivity index (χ0v) is 9.02. The van der Waals surface area contributed by atoms with Crippen LogP contribution in [-0.2, 0) is 6.42 Å². The van der Waals surface area contributed by atoms with E-state index in [0.717, 1.165) is 5.56 Å². The van der Waals surface area contributed by atoms with Gasteiger partial charge in [-0.1, -0.05) is 23.0 Å². The Kier molecular flexibility index (Phi) is 5.10. The van der Waals surface area contributed by atoms with Crippen molar-refractivity contribution >= 4 is 0 Å². The molecule has 0 heterocycles. The van der Waals surface area contributed by atoms with Gasteiger partial charge in [0.1, 0.15) is 5.82 Å². The third kappa shape index (κ3) is 4.25. The normalized spacial score (nSPS) is 8.47. The van der Waals surface area contributed by atoms with Crippen molar-refractivity contribution in [3.05, 3.63) is 45.6 Å². The highest BCUT2D eigenvalue weighted by molar-refractivity contribution is 5.39. The monoisotopic (exact) mass is 228 g/mol. The van der Waals surface area contributed by atoms with E-state index in [4.69, 9.17) is 10.8 Å². The zero-order valence-electron chi connectivity index (χ0n) is 9.02. The molecule has 0 unspecified atom stereocenters. The molecule has 0 saturated carbocycles. The standard InChI is InChI=1S/C12H9FN4/c13-12-5-4-10(6-7-14)9-11(12)3-1-2-8-16-17-15/h4-5,9H,2,6,8H2. The number of nitriles is 1. The van der Waals surface area contributed by atoms with Crippen LogP contribution >= 0.6 is 0 Å². The van der Waals surface area contributed by atoms with Crippen LogP contribution in [0.4, 0.5) is 4.39 Å². The van der Waals surface area contributed by atoms with Gasteiger partial charge in [-0.25, -0.2) is 4.39 Å². The first-order valence-electron chi connectivity index (χ1n) is 4.93. The minimum absolute atomic E-state index is 0.230. The van der Waals surface area contributed by atoms with Gasteiger partial charge in [0, 0.05) is 17.9 Å². The molecule has 1 rings (SSSR count). The molecule has 0 spiro atoms. The van der Waals surface area contributed by atoms with Crippen molar-refractivity contribution in [2.24, 2.45) is 5.11 Å². The quantitative estimate of drug-likeness (QED) is 0.258. The Hall–Kier alpha value is -2.49. The summed E-state index contributed by atoms with van der Waals surface area (Å²) in [6.07, 6.45) is 0.611. The zero-order chi connectivity index (χ0) is 12.5. The number of benzene rings is 1. The number of hydrogen-bond donors (Lipinski definition) is 0. The molecule has 0 N–H and O–H groups in total. The molecule has 5 heteroatoms. The van der Waals surface area contributed by atoms with E-state index in [2.05, 4.69) is 21.9 Å². The molecule has 4 nitrogen and oxygen atoms in total. The molecule has 0 radical (unpaired) electrons. The van der Waals surface area contributed by atoms with Gasteiger partial charge in [0.15, 0.2) is 0 Å². The van der Waals surface area contributed by atoms with Crippen LogP contribution in [-0.4, -0.2) is 6.54 Å². The van der Waals surface area contributed by atoms with E-state index in [-0.39, 0.29) is 18.5 Å². The van der Waals surface area contributed by atoms with E-state index in [9.17, 15) is 4.39 Å². The van der Waals surface area contributed by atoms with Crippen molar-refractivity contribution in [3.8, 4) is 17.9 Å². The Labute approximate surface area is 98.3 Å². The minimum atomic E-state index is -0.414. The van der Waals surface area contributed by atoms with Gasteiger partial charge in [-0.15, -0.1) is 0 Å². The molecule has 1 aromatic rings. The van der Waals surface area contributed by atoms with Gasteiger partial charge >= 0.3 is 0 Å². The highest BCUT2D eigenvalue weighted by Crippen LogP contribution is 2.09. The van der Waals surface area contributed by atoms with E-state index in [1.165, 1.54) is 6.07 Å². The second-order valence-electron chi connectivity index (χ2n) is 3.16. The van der Waals surface area contributed by atoms with Gasteiger partial charge in [0.25, 0.3) is 0 Å². The third-order valence-corrected chi connectivity index (χ3v) is 1.94. The molecule has 17 heavy (non-hydrogen) atoms. The Balaban J connectivity index is 2.78. The second kappa shape index (κ2) is 6.90. The van der Waals surface area contributed by atoms with Crippen LogP contribution in [0.1, 0.15) is 17.5 Å². The lowest BCUT2D eigenvalue weighted by atomic mass is 10.1. The van der Waals surface area contributed by atoms with Crippen molar-refractivity contribution in [1.82, 2.24) is 0 Å². The van der Waals surface area contributed by atoms with Crippen LogP contribution in [0.3, 0.4) is 0 Å². The molecular weight excluding hydrogens is 219 g/mol. The Bertz CT molecular complexity index is 542. The summed E-state index contributed by atoms with van der Waals surface area (Å²) < 4.78 is 13.3. The van der Waals surface area contributed by atoms with Crippen LogP contribution in [0.5, 0.6) is 0 Å². The summed E-state index contributed by atoms with van der Waals surface area (Å²) in [4.78, 5) is 2.58. The molecular formula is C12H9FN4. The number of azide groups is 1. The van der Waals surface area contributed by atoms with Crippen LogP contribution < -0.4 is 0 Å². The van der Waals surface area contributed by atoms with Gasteiger partial charge in [-0.2, -0.15) is 5.26 Å². The molecule has 0 aliphatic carbocycles. The first kappa shape index (κ1) is 12.6. The largest absolute Gasteiger partial charge is 0.206 e. The Morgan fingerprint density at radius 2 is 2.29 bits per heavy atom. The average Bonchev–Trinajstić information content (AvgIpc) is 2.33. The summed E-state index contributed by atoms with van der Waals surface area (Å²) >= 11 is 0. The third-order valence-electron chi connectivity index (χ3n) is 1.94. The predicted octanol–water partition coefficient (Wildman–Crippen LogP) is 2.94. The molecule has 0 aromatic heterocycles. The van der Waals surface area contributed by atoms with Crippen LogP contribution in [0.15, 0.2) is 23.3 Å². The summed E-state index contributed by atoms with van der Waals surface area (Å²) in [6, 6.07) is 6.40. The predicted molar refractivity (Wildman–Crippen MR) is 61.2 cm³/mol. The van der Waals surface area contributed by atoms with Gasteiger partial charge < -0.3 is 0 Å². The summed E-state index contributed by atoms with van der Waals surface area (Å²) in [5.74, 6) is 4.95. The molecule has 0 aliphatic rings. The fraction of sp³-hybridized carbons (Fsp3) is 0.250. The fourth-order valence-electron chi connectivity index (χ4n) is 1.18. The molecule has 0 aliphatic heterocycles. The molecule has 0 saturated heterocycles. The minimum Gasteiger partial charge on any atom is -0.206 e. The molecule has 0 fully saturated rings. The SMILES string of the molecule is N#CCc1ccc(F)c(C#CCCN=[N+]=[N-])c1. The molecule has 0 atom stereocenters. The van der Waals surface area contributed by atoms with E-state index in [0.29, 0.717) is 6.42 Å². The second-order valence-corrected chi connectivity index (χ2v) is 3.16. The van der Waals surface area contributed by atoms with E-state index in [1.807, 2.05) is 6.07 Å². The van der Waals surface area contributed by atoms with Gasteiger partial charge in [0.05, 0.1) is 18.1 Å². The van der Waals surface area contributed by atoms with Crippen molar-refractivity contribution in [3.63, 3.8) is 0 Å². The lowest BCUT2D eigenvalue weighted by molar-refractivity contribution is 0.623. The summed E-state index contributed by atoms with van der Waals surface area (Å²) in [7, 11) is 0. The smallest absolute Gasteiger partial charge is 0.138 e. The molecule has 84 valence electrons. The van der Waals surface area contributed by atoms with Crippen LogP contribution in [0.25, 0.3) is 10.4 Å². The summed E-state index contributed by atoms with van der Waals surface area (Å²) in [5.41, 5.74) is 9.03. The Morgan fingerprint density at radius 1 is 1.47 bits per heavy atom. The van der Waals surface area contributed by atoms with Gasteiger partial charge in [0.2, 0.25) is 0 Å². The highest BCUT2D eigenvalue weighted by Gasteiger charge is 2.00. The van der Waals surface area contributed by atoms with E-state index >= 15 is 0 Å². The topological polar surface area (TPSA) is 72.5 Å². The number of halogens is 1. The molecule has 1 aromatic carbocycles. The lowest BCUT2D eigenvalue weighted by Crippen LogP contribution is -1.88. The van der Waals surface area contributed by atoms with Crippen LogP contribution in [0.2, 0.25) is 0 Å². The first-order valence-corrected chi connectivity index (χ1v) is 4.93. The van der Waals surface area contributed by atoms with E-state index in [1.54, 1.807) is 12.1 Å². The van der Waals surface area contributed by atoms with Gasteiger partial charge in [-0.05, 0) is 23.2 Å². The van der Waals surface area contributed by atoms with Gasteiger partial charge in [-0.3, -0.25) is 0 Å². The highest BCUT2D eigenvalue weighted by atomic mass is 19.1. The van der Waals surface area contributed by atoms with Crippen molar-refractivity contribution in [2.45, 2.75) is 12.8 Å². The number of rotatable bonds is 3. The number of nitrogens with zero attached hydrogens (tertiary/aromatic N) is 4. The van der Waals surface area contributed by atoms with Crippen molar-refractivity contribution in [2.75, 3.05) is 6.54 Å². The average molecular weight is 228 g/mol. The van der Waals surface area contributed by atoms with E-state index < -0.39 is 5.82 Å². The lowest BCUT2D eigenvalue weighted by Gasteiger charge is -1.97. The first-order chi connectivity index (χ1) is 8.27. The maximum Gasteiger partial charge on any atom is 0.138 e. The molecule has 0 bridgehead atoms. The number of hydrogen-bond acceptors (Lipinski definition) is 2. The summed E-state index contributed by atoms with van der Waals surface area (Å²) in [5, 5.41) is 11.8.